The van der Waals surface area contributed by atoms with E-state index in [2.05, 4.69) is 34.9 Å². The number of fused-ring (bicyclic) bond motifs is 3. The summed E-state index contributed by atoms with van der Waals surface area (Å²) in [6, 6.07) is 16.3. The van der Waals surface area contributed by atoms with Gasteiger partial charge in [-0.05, 0) is 68.2 Å². The lowest BCUT2D eigenvalue weighted by Gasteiger charge is -2.22. The van der Waals surface area contributed by atoms with Crippen LogP contribution in [-0.4, -0.2) is 47.6 Å². The zero-order chi connectivity index (χ0) is 25.2. The lowest BCUT2D eigenvalue weighted by molar-refractivity contribution is -0.141. The quantitative estimate of drug-likeness (QED) is 0.473. The van der Waals surface area contributed by atoms with Crippen LogP contribution in [0.25, 0.3) is 11.1 Å². The number of rotatable bonds is 8. The van der Waals surface area contributed by atoms with Gasteiger partial charge in [0, 0.05) is 12.5 Å². The fraction of sp³-hybridized carbons (Fsp3) is 0.444. The van der Waals surface area contributed by atoms with Gasteiger partial charge in [0.05, 0.1) is 0 Å². The first kappa shape index (κ1) is 24.6. The number of carbonyl (C=O) groups is 3. The molecule has 2 aromatic rings. The van der Waals surface area contributed by atoms with Gasteiger partial charge in [-0.1, -0.05) is 48.5 Å². The van der Waals surface area contributed by atoms with E-state index in [4.69, 9.17) is 9.47 Å². The molecule has 0 radical (unpaired) electrons. The monoisotopic (exact) mass is 480 g/mol. The molecule has 186 valence electrons. The minimum absolute atomic E-state index is 0.00488. The molecule has 2 atom stereocenters. The van der Waals surface area contributed by atoms with Gasteiger partial charge >= 0.3 is 18.2 Å². The smallest absolute Gasteiger partial charge is 0.408 e. The lowest BCUT2D eigenvalue weighted by atomic mass is 9.98. The Morgan fingerprint density at radius 3 is 2.17 bits per heavy atom. The van der Waals surface area contributed by atoms with Gasteiger partial charge in [-0.25, -0.2) is 14.4 Å². The van der Waals surface area contributed by atoms with Crippen molar-refractivity contribution in [3.05, 3.63) is 59.7 Å². The molecule has 8 nitrogen and oxygen atoms in total. The van der Waals surface area contributed by atoms with E-state index in [1.54, 1.807) is 20.8 Å². The number of carboxylic acid groups (broad SMARTS) is 1. The number of alkyl carbamates (subject to hydrolysis) is 2. The SMILES string of the molecule is CC(C)(C)OC(=O)N[C@@]1(C(=O)O)C[C@@H]1CCCNC(=O)OCC1c2ccccc2-c2ccccc21. The van der Waals surface area contributed by atoms with Crippen LogP contribution < -0.4 is 10.6 Å². The Morgan fingerprint density at radius 1 is 1.00 bits per heavy atom. The van der Waals surface area contributed by atoms with Crippen LogP contribution in [0.1, 0.15) is 57.1 Å². The van der Waals surface area contributed by atoms with E-state index in [0.717, 1.165) is 11.1 Å². The van der Waals surface area contributed by atoms with Crippen molar-refractivity contribution in [2.24, 2.45) is 5.92 Å². The highest BCUT2D eigenvalue weighted by Gasteiger charge is 2.61. The van der Waals surface area contributed by atoms with Gasteiger partial charge in [-0.2, -0.15) is 0 Å². The molecule has 2 aliphatic carbocycles. The van der Waals surface area contributed by atoms with Gasteiger partial charge in [0.15, 0.2) is 0 Å². The Bertz CT molecular complexity index is 1080. The zero-order valence-electron chi connectivity index (χ0n) is 20.3. The normalized spacial score (nSPS) is 20.4. The van der Waals surface area contributed by atoms with Crippen LogP contribution >= 0.6 is 0 Å². The van der Waals surface area contributed by atoms with Crippen LogP contribution in [0.2, 0.25) is 0 Å². The molecule has 0 unspecified atom stereocenters. The highest BCUT2D eigenvalue weighted by molar-refractivity contribution is 5.88. The van der Waals surface area contributed by atoms with Crippen LogP contribution in [0.5, 0.6) is 0 Å². The first-order chi connectivity index (χ1) is 16.6. The number of hydrogen-bond donors (Lipinski definition) is 3. The van der Waals surface area contributed by atoms with E-state index < -0.39 is 29.3 Å². The number of amides is 2. The molecule has 1 fully saturated rings. The summed E-state index contributed by atoms with van der Waals surface area (Å²) >= 11 is 0. The molecule has 8 heteroatoms. The van der Waals surface area contributed by atoms with E-state index in [1.165, 1.54) is 11.1 Å². The molecule has 0 heterocycles. The summed E-state index contributed by atoms with van der Waals surface area (Å²) in [6.45, 7) is 5.76. The second-order valence-electron chi connectivity index (χ2n) is 10.2. The van der Waals surface area contributed by atoms with Crippen molar-refractivity contribution >= 4 is 18.2 Å². The maximum Gasteiger partial charge on any atom is 0.408 e. The standard InChI is InChI=1S/C27H32N2O6/c1-26(2,3)35-25(33)29-27(23(30)31)15-17(27)9-8-14-28-24(32)34-16-22-20-12-6-4-10-18(20)19-11-5-7-13-21(19)22/h4-7,10-13,17,22H,8-9,14-16H2,1-3H3,(H,28,32)(H,29,33)(H,30,31)/t17-,27-/m0/s1. The first-order valence-electron chi connectivity index (χ1n) is 11.9. The third-order valence-corrected chi connectivity index (χ3v) is 6.55. The van der Waals surface area contributed by atoms with Crippen molar-refractivity contribution in [1.29, 1.82) is 0 Å². The maximum atomic E-state index is 12.3. The van der Waals surface area contributed by atoms with Crippen molar-refractivity contribution < 1.29 is 29.0 Å². The Kier molecular flexibility index (Phi) is 6.74. The van der Waals surface area contributed by atoms with Crippen LogP contribution in [-0.2, 0) is 14.3 Å². The highest BCUT2D eigenvalue weighted by Crippen LogP contribution is 2.47. The van der Waals surface area contributed by atoms with Gasteiger partial charge in [-0.15, -0.1) is 0 Å². The molecule has 0 saturated heterocycles. The van der Waals surface area contributed by atoms with Crippen molar-refractivity contribution in [1.82, 2.24) is 10.6 Å². The summed E-state index contributed by atoms with van der Waals surface area (Å²) in [5.41, 5.74) is 2.63. The van der Waals surface area contributed by atoms with Crippen LogP contribution in [0.4, 0.5) is 9.59 Å². The second-order valence-corrected chi connectivity index (χ2v) is 10.2. The number of aliphatic carboxylic acids is 1. The summed E-state index contributed by atoms with van der Waals surface area (Å²) in [5, 5.41) is 14.9. The molecule has 2 aromatic carbocycles. The van der Waals surface area contributed by atoms with Crippen LogP contribution in [0.15, 0.2) is 48.5 Å². The molecular formula is C27H32N2O6. The van der Waals surface area contributed by atoms with E-state index in [1.807, 2.05) is 24.3 Å². The Hall–Kier alpha value is -3.55. The molecule has 2 amide bonds. The number of hydrogen-bond acceptors (Lipinski definition) is 5. The average molecular weight is 481 g/mol. The fourth-order valence-corrected chi connectivity index (χ4v) is 4.82. The van der Waals surface area contributed by atoms with Gasteiger partial charge < -0.3 is 25.2 Å². The van der Waals surface area contributed by atoms with E-state index in [0.29, 0.717) is 25.8 Å². The molecule has 0 bridgehead atoms. The summed E-state index contributed by atoms with van der Waals surface area (Å²) in [4.78, 5) is 36.1. The number of nitrogens with one attached hydrogen (secondary N) is 2. The fourth-order valence-electron chi connectivity index (χ4n) is 4.82. The van der Waals surface area contributed by atoms with E-state index >= 15 is 0 Å². The lowest BCUT2D eigenvalue weighted by Crippen LogP contribution is -2.47. The Balaban J connectivity index is 1.22. The topological polar surface area (TPSA) is 114 Å². The summed E-state index contributed by atoms with van der Waals surface area (Å²) in [7, 11) is 0. The number of carbonyl (C=O) groups excluding carboxylic acids is 2. The molecule has 35 heavy (non-hydrogen) atoms. The summed E-state index contributed by atoms with van der Waals surface area (Å²) < 4.78 is 10.7. The Labute approximate surface area is 205 Å². The summed E-state index contributed by atoms with van der Waals surface area (Å²) in [6.07, 6.45) is 0.219. The highest BCUT2D eigenvalue weighted by atomic mass is 16.6. The predicted molar refractivity (Wildman–Crippen MR) is 130 cm³/mol. The number of ether oxygens (including phenoxy) is 2. The van der Waals surface area contributed by atoms with Gasteiger partial charge in [0.2, 0.25) is 0 Å². The molecule has 0 aliphatic heterocycles. The van der Waals surface area contributed by atoms with Gasteiger partial charge in [-0.3, -0.25) is 0 Å². The van der Waals surface area contributed by atoms with E-state index in [9.17, 15) is 19.5 Å². The molecule has 2 aliphatic rings. The van der Waals surface area contributed by atoms with Crippen LogP contribution in [0, 0.1) is 5.92 Å². The van der Waals surface area contributed by atoms with Crippen LogP contribution in [0.3, 0.4) is 0 Å². The molecule has 4 rings (SSSR count). The van der Waals surface area contributed by atoms with Crippen molar-refractivity contribution in [2.75, 3.05) is 13.2 Å². The first-order valence-corrected chi connectivity index (χ1v) is 11.9. The molecule has 3 N–H and O–H groups in total. The molecule has 1 saturated carbocycles. The van der Waals surface area contributed by atoms with Gasteiger partial charge in [0.25, 0.3) is 0 Å². The third-order valence-electron chi connectivity index (χ3n) is 6.55. The van der Waals surface area contributed by atoms with Crippen molar-refractivity contribution in [2.45, 2.75) is 57.1 Å². The van der Waals surface area contributed by atoms with E-state index in [-0.39, 0.29) is 18.4 Å². The molecular weight excluding hydrogens is 448 g/mol. The third kappa shape index (κ3) is 5.42. The zero-order valence-corrected chi connectivity index (χ0v) is 20.3. The number of carboxylic acids is 1. The summed E-state index contributed by atoms with van der Waals surface area (Å²) in [5.74, 6) is -1.29. The minimum Gasteiger partial charge on any atom is -0.479 e. The molecule has 0 aromatic heterocycles. The number of benzene rings is 2. The predicted octanol–water partition coefficient (Wildman–Crippen LogP) is 4.67. The maximum absolute atomic E-state index is 12.3. The average Bonchev–Trinajstić information content (AvgIpc) is 3.39. The van der Waals surface area contributed by atoms with Crippen molar-refractivity contribution in [3.8, 4) is 11.1 Å². The largest absolute Gasteiger partial charge is 0.479 e. The second kappa shape index (κ2) is 9.60. The Morgan fingerprint density at radius 2 is 1.60 bits per heavy atom. The molecule has 0 spiro atoms. The van der Waals surface area contributed by atoms with Gasteiger partial charge in [0.1, 0.15) is 17.7 Å². The minimum atomic E-state index is -1.30. The van der Waals surface area contributed by atoms with Crippen molar-refractivity contribution in [3.63, 3.8) is 0 Å².